The number of hydrogen-bond donors (Lipinski definition) is 1. The third-order valence-electron chi connectivity index (χ3n) is 7.85. The van der Waals surface area contributed by atoms with E-state index in [-0.39, 0.29) is 30.7 Å². The summed E-state index contributed by atoms with van der Waals surface area (Å²) in [5, 5.41) is 12.0. The number of ether oxygens (including phenoxy) is 2. The smallest absolute Gasteiger partial charge is 0.320 e. The van der Waals surface area contributed by atoms with Crippen LogP contribution >= 0.6 is 0 Å². The first-order chi connectivity index (χ1) is 21.1. The number of morpholine rings is 1. The first kappa shape index (κ1) is 31.6. The minimum absolute atomic E-state index is 0.0311. The number of nitrogens with zero attached hydrogens (tertiary/aromatic N) is 5. The molecule has 5 rings (SSSR count). The summed E-state index contributed by atoms with van der Waals surface area (Å²) < 4.78 is 41.2. The highest BCUT2D eigenvalue weighted by Crippen LogP contribution is 2.30. The molecule has 0 saturated carbocycles. The van der Waals surface area contributed by atoms with Crippen LogP contribution < -0.4 is 5.32 Å². The van der Waals surface area contributed by atoms with Crippen LogP contribution in [0.15, 0.2) is 42.7 Å². The van der Waals surface area contributed by atoms with Crippen LogP contribution in [-0.2, 0) is 20.8 Å². The molecule has 2 saturated heterocycles. The topological polar surface area (TPSA) is 108 Å². The number of nitrogens with two attached hydrogens (primary N) is 1. The number of quaternary nitrogens is 1. The Labute approximate surface area is 256 Å². The van der Waals surface area contributed by atoms with E-state index in [4.69, 9.17) is 14.5 Å². The van der Waals surface area contributed by atoms with E-state index in [9.17, 15) is 10.1 Å². The van der Waals surface area contributed by atoms with Crippen molar-refractivity contribution >= 4 is 22.6 Å². The van der Waals surface area contributed by atoms with Crippen molar-refractivity contribution < 1.29 is 28.4 Å². The van der Waals surface area contributed by atoms with Crippen molar-refractivity contribution in [1.29, 1.82) is 5.26 Å². The number of allylic oxidation sites excluding steroid dienone is 1. The van der Waals surface area contributed by atoms with Crippen molar-refractivity contribution in [2.45, 2.75) is 51.8 Å². The van der Waals surface area contributed by atoms with E-state index < -0.39 is 17.2 Å². The molecule has 44 heavy (non-hydrogen) atoms. The van der Waals surface area contributed by atoms with Gasteiger partial charge in [-0.05, 0) is 44.5 Å². The molecule has 0 atom stereocenters. The standard InChI is InChI=1S/C33H38F2N6O3/c1-33(2,3)44-31(42)21-40-9-7-24(8-10-40)37-18-23(17-36)30-19-38-29-6-4-5-25(32(29)39-30)22-15-27(34)26(28(35)16-22)20-41-11-13-43-14-12-41/h4-6,15-16,18-19,24,37H,7-14,20-21H2,1-3H3/p+1. The summed E-state index contributed by atoms with van der Waals surface area (Å²) in [4.78, 5) is 25.5. The van der Waals surface area contributed by atoms with E-state index in [0.717, 1.165) is 25.9 Å². The predicted octanol–water partition coefficient (Wildman–Crippen LogP) is 3.64. The van der Waals surface area contributed by atoms with Crippen LogP contribution in [0.4, 0.5) is 8.78 Å². The lowest BCUT2D eigenvalue weighted by Crippen LogP contribution is -2.86. The maximum atomic E-state index is 15.2. The Morgan fingerprint density at radius 1 is 1.14 bits per heavy atom. The van der Waals surface area contributed by atoms with Crippen molar-refractivity contribution in [3.63, 3.8) is 0 Å². The molecule has 11 heteroatoms. The van der Waals surface area contributed by atoms with Gasteiger partial charge in [0.25, 0.3) is 0 Å². The second-order valence-electron chi connectivity index (χ2n) is 12.3. The summed E-state index contributed by atoms with van der Waals surface area (Å²) in [5.74, 6) is -1.45. The van der Waals surface area contributed by atoms with Gasteiger partial charge in [-0.15, -0.1) is 0 Å². The van der Waals surface area contributed by atoms with Crippen LogP contribution in [-0.4, -0.2) is 83.3 Å². The number of carbonyl (C=O) groups is 1. The van der Waals surface area contributed by atoms with E-state index in [1.54, 1.807) is 30.6 Å². The van der Waals surface area contributed by atoms with Crippen molar-refractivity contribution in [2.24, 2.45) is 0 Å². The number of fused-ring (bicyclic) bond motifs is 1. The van der Waals surface area contributed by atoms with Gasteiger partial charge in [0.15, 0.2) is 0 Å². The molecule has 3 heterocycles. The van der Waals surface area contributed by atoms with Gasteiger partial charge in [0, 0.05) is 56.7 Å². The van der Waals surface area contributed by atoms with Crippen LogP contribution in [0.25, 0.3) is 27.7 Å². The van der Waals surface area contributed by atoms with Gasteiger partial charge >= 0.3 is 5.97 Å². The highest BCUT2D eigenvalue weighted by atomic mass is 19.1. The first-order valence-electron chi connectivity index (χ1n) is 15.0. The number of aromatic nitrogens is 2. The fourth-order valence-corrected chi connectivity index (χ4v) is 5.56. The third kappa shape index (κ3) is 8.01. The lowest BCUT2D eigenvalue weighted by molar-refractivity contribution is -0.629. The highest BCUT2D eigenvalue weighted by Gasteiger charge is 2.25. The zero-order valence-electron chi connectivity index (χ0n) is 25.5. The summed E-state index contributed by atoms with van der Waals surface area (Å²) in [6, 6.07) is 10.5. The Hall–Kier alpha value is -3.82. The van der Waals surface area contributed by atoms with Gasteiger partial charge in [0.05, 0.1) is 43.0 Å². The van der Waals surface area contributed by atoms with Gasteiger partial charge in [-0.1, -0.05) is 12.1 Å². The molecule has 1 aromatic heterocycles. The van der Waals surface area contributed by atoms with Crippen molar-refractivity contribution in [3.05, 3.63) is 65.6 Å². The number of hydrogen-bond acceptors (Lipinski definition) is 8. The van der Waals surface area contributed by atoms with Gasteiger partial charge < -0.3 is 14.8 Å². The minimum atomic E-state index is -0.614. The van der Waals surface area contributed by atoms with Crippen molar-refractivity contribution in [3.8, 4) is 17.2 Å². The molecule has 0 radical (unpaired) electrons. The lowest BCUT2D eigenvalue weighted by atomic mass is 10.0. The van der Waals surface area contributed by atoms with Gasteiger partial charge in [-0.25, -0.2) is 13.8 Å². The monoisotopic (exact) mass is 605 g/mol. The quantitative estimate of drug-likeness (QED) is 0.306. The summed E-state index contributed by atoms with van der Waals surface area (Å²) in [5.41, 5.74) is 2.17. The fourth-order valence-electron chi connectivity index (χ4n) is 5.56. The minimum Gasteiger partial charge on any atom is -0.459 e. The molecule has 2 aliphatic heterocycles. The molecule has 0 aliphatic carbocycles. The molecule has 2 N–H and O–H groups in total. The zero-order chi connectivity index (χ0) is 31.3. The molecule has 0 amide bonds. The highest BCUT2D eigenvalue weighted by molar-refractivity contribution is 5.92. The van der Waals surface area contributed by atoms with E-state index in [1.165, 1.54) is 12.1 Å². The predicted molar refractivity (Wildman–Crippen MR) is 162 cm³/mol. The summed E-state index contributed by atoms with van der Waals surface area (Å²) >= 11 is 0. The Morgan fingerprint density at radius 3 is 2.50 bits per heavy atom. The molecule has 0 unspecified atom stereocenters. The van der Waals surface area contributed by atoms with Crippen LogP contribution in [0.1, 0.15) is 44.9 Å². The van der Waals surface area contributed by atoms with Crippen LogP contribution in [0.5, 0.6) is 0 Å². The third-order valence-corrected chi connectivity index (χ3v) is 7.85. The Morgan fingerprint density at radius 2 is 1.84 bits per heavy atom. The van der Waals surface area contributed by atoms with Crippen molar-refractivity contribution in [1.82, 2.24) is 19.8 Å². The molecule has 232 valence electrons. The molecule has 3 aromatic rings. The number of benzene rings is 2. The Bertz CT molecular complexity index is 1540. The largest absolute Gasteiger partial charge is 0.459 e. The Kier molecular flexibility index (Phi) is 9.96. The second kappa shape index (κ2) is 13.9. The number of esters is 1. The summed E-state index contributed by atoms with van der Waals surface area (Å²) in [6.45, 7) is 9.88. The molecular formula is C33H39F2N6O3+. The first-order valence-corrected chi connectivity index (χ1v) is 15.0. The number of carbonyl (C=O) groups excluding carboxylic acids is 1. The Balaban J connectivity index is 1.30. The van der Waals surface area contributed by atoms with E-state index in [2.05, 4.69) is 16.0 Å². The van der Waals surface area contributed by atoms with Crippen LogP contribution in [0.3, 0.4) is 0 Å². The molecular weight excluding hydrogens is 566 g/mol. The van der Waals surface area contributed by atoms with Crippen molar-refractivity contribution in [2.75, 3.05) is 45.9 Å². The number of likely N-dealkylation sites (tertiary alicyclic amines) is 1. The number of halogens is 2. The molecule has 0 spiro atoms. The van der Waals surface area contributed by atoms with Gasteiger partial charge in [0.1, 0.15) is 40.8 Å². The number of para-hydroxylation sites is 1. The summed E-state index contributed by atoms with van der Waals surface area (Å²) in [7, 11) is 0. The second-order valence-corrected chi connectivity index (χ2v) is 12.3. The molecule has 2 fully saturated rings. The summed E-state index contributed by atoms with van der Waals surface area (Å²) in [6.07, 6.45) is 5.02. The number of nitriles is 1. The van der Waals surface area contributed by atoms with E-state index in [1.807, 2.05) is 31.0 Å². The lowest BCUT2D eigenvalue weighted by Gasteiger charge is -2.30. The average Bonchev–Trinajstić information content (AvgIpc) is 2.99. The van der Waals surface area contributed by atoms with Gasteiger partial charge in [-0.3, -0.25) is 19.6 Å². The average molecular weight is 606 g/mol. The maximum Gasteiger partial charge on any atom is 0.320 e. The molecule has 2 aromatic carbocycles. The SMILES string of the molecule is CC(C)(C)OC(=O)CN1CCC([NH2+]C=C(C#N)c2cnc3cccc(-c4cc(F)c(CN5CCOCC5)c(F)c4)c3n2)CC1. The molecule has 2 aliphatic rings. The molecule has 0 bridgehead atoms. The van der Waals surface area contributed by atoms with E-state index in [0.29, 0.717) is 59.7 Å². The number of rotatable bonds is 8. The zero-order valence-corrected chi connectivity index (χ0v) is 25.5. The molecule has 9 nitrogen and oxygen atoms in total. The van der Waals surface area contributed by atoms with Gasteiger partial charge in [0.2, 0.25) is 0 Å². The normalized spacial score (nSPS) is 17.5. The fraction of sp³-hybridized carbons (Fsp3) is 0.455. The van der Waals surface area contributed by atoms with Crippen LogP contribution in [0, 0.1) is 23.0 Å². The number of piperidine rings is 1. The van der Waals surface area contributed by atoms with E-state index >= 15 is 8.78 Å². The maximum absolute atomic E-state index is 15.2. The van der Waals surface area contributed by atoms with Crippen LogP contribution in [0.2, 0.25) is 0 Å². The van der Waals surface area contributed by atoms with Gasteiger partial charge in [-0.2, -0.15) is 5.26 Å².